The number of benzene rings is 2. The number of amides is 3. The number of unbranched alkanes of at least 4 members (excludes halogenated alkanes) is 1. The lowest BCUT2D eigenvalue weighted by atomic mass is 9.90. The van der Waals surface area contributed by atoms with Crippen molar-refractivity contribution in [3.63, 3.8) is 0 Å². The second-order valence-corrected chi connectivity index (χ2v) is 12.7. The Balaban J connectivity index is 0.00000460. The van der Waals surface area contributed by atoms with E-state index in [-0.39, 0.29) is 37.1 Å². The van der Waals surface area contributed by atoms with Crippen molar-refractivity contribution < 1.29 is 45.4 Å². The normalized spacial score (nSPS) is 16.7. The first-order valence-corrected chi connectivity index (χ1v) is 17.8. The Morgan fingerprint density at radius 3 is 2.02 bits per heavy atom. The molecule has 1 aliphatic rings. The summed E-state index contributed by atoms with van der Waals surface area (Å²) in [5, 5.41) is 3.44. The van der Waals surface area contributed by atoms with Gasteiger partial charge >= 0.3 is 18.4 Å². The number of urea groups is 1. The van der Waals surface area contributed by atoms with Crippen molar-refractivity contribution in [2.24, 2.45) is 0 Å². The zero-order chi connectivity index (χ0) is 39.1. The van der Waals surface area contributed by atoms with Gasteiger partial charge in [-0.15, -0.1) is 13.2 Å². The highest BCUT2D eigenvalue weighted by atomic mass is 35.5. The number of nitrogens with zero attached hydrogens (tertiary/aromatic N) is 1. The van der Waals surface area contributed by atoms with Crippen LogP contribution in [0.1, 0.15) is 94.4 Å². The minimum atomic E-state index is -5.50. The third-order valence-corrected chi connectivity index (χ3v) is 8.53. The van der Waals surface area contributed by atoms with Gasteiger partial charge in [0, 0.05) is 11.6 Å². The number of aryl methyl sites for hydroxylation is 2. The zero-order valence-corrected chi connectivity index (χ0v) is 30.9. The molecule has 1 fully saturated rings. The topological polar surface area (TPSA) is 67.9 Å². The minimum Gasteiger partial charge on any atom is -0.493 e. The third kappa shape index (κ3) is 12.1. The van der Waals surface area contributed by atoms with E-state index in [1.54, 1.807) is 45.0 Å². The SMILES string of the molecule is C=C.CC/C=C(Cl)\C=C/CCOc1ccc(C2(C)NC(=O)N(CCCCOc3c(CCC)cc(C(C(F)(F)F)C(F)(F)F)cc3CCC)C2=O)cc1. The average molecular weight is 759 g/mol. The average Bonchev–Trinajstić information content (AvgIpc) is 3.29. The van der Waals surface area contributed by atoms with Crippen LogP contribution in [0.15, 0.2) is 72.8 Å². The van der Waals surface area contributed by atoms with Crippen molar-refractivity contribution in [1.82, 2.24) is 10.2 Å². The highest BCUT2D eigenvalue weighted by molar-refractivity contribution is 6.31. The number of carbonyl (C=O) groups excluding carboxylic acids is 2. The van der Waals surface area contributed by atoms with Crippen LogP contribution >= 0.6 is 11.6 Å². The highest BCUT2D eigenvalue weighted by Gasteiger charge is 2.57. The van der Waals surface area contributed by atoms with Crippen LogP contribution in [0.2, 0.25) is 0 Å². The summed E-state index contributed by atoms with van der Waals surface area (Å²) in [6.45, 7) is 13.8. The van der Waals surface area contributed by atoms with Crippen LogP contribution in [-0.4, -0.2) is 48.9 Å². The number of hydrogen-bond donors (Lipinski definition) is 1. The molecule has 13 heteroatoms. The number of alkyl halides is 6. The molecule has 0 radical (unpaired) electrons. The predicted molar refractivity (Wildman–Crippen MR) is 193 cm³/mol. The lowest BCUT2D eigenvalue weighted by molar-refractivity contribution is -0.253. The van der Waals surface area contributed by atoms with E-state index in [2.05, 4.69) is 18.5 Å². The molecule has 1 saturated heterocycles. The van der Waals surface area contributed by atoms with Crippen LogP contribution in [0.25, 0.3) is 0 Å². The third-order valence-electron chi connectivity index (χ3n) is 8.25. The summed E-state index contributed by atoms with van der Waals surface area (Å²) in [6.07, 6.45) is -1.68. The summed E-state index contributed by atoms with van der Waals surface area (Å²) in [4.78, 5) is 27.4. The van der Waals surface area contributed by atoms with Gasteiger partial charge in [0.25, 0.3) is 5.91 Å². The molecule has 1 atom stereocenters. The van der Waals surface area contributed by atoms with Crippen molar-refractivity contribution in [3.05, 3.63) is 95.1 Å². The molecule has 1 heterocycles. The maximum atomic E-state index is 13.5. The van der Waals surface area contributed by atoms with Crippen LogP contribution in [-0.2, 0) is 23.2 Å². The Kier molecular flexibility index (Phi) is 17.3. The molecule has 0 aliphatic carbocycles. The van der Waals surface area contributed by atoms with Gasteiger partial charge in [-0.3, -0.25) is 9.69 Å². The summed E-state index contributed by atoms with van der Waals surface area (Å²) in [5.41, 5.74) is -0.973. The van der Waals surface area contributed by atoms with Crippen LogP contribution in [0.5, 0.6) is 11.5 Å². The van der Waals surface area contributed by atoms with E-state index in [9.17, 15) is 35.9 Å². The van der Waals surface area contributed by atoms with E-state index < -0.39 is 41.3 Å². The van der Waals surface area contributed by atoms with E-state index in [0.717, 1.165) is 23.5 Å². The van der Waals surface area contributed by atoms with E-state index in [4.69, 9.17) is 21.1 Å². The monoisotopic (exact) mass is 758 g/mol. The van der Waals surface area contributed by atoms with Crippen molar-refractivity contribution in [3.8, 4) is 11.5 Å². The number of imide groups is 1. The largest absolute Gasteiger partial charge is 0.493 e. The number of allylic oxidation sites excluding steroid dienone is 3. The highest BCUT2D eigenvalue weighted by Crippen LogP contribution is 2.48. The van der Waals surface area contributed by atoms with Crippen LogP contribution in [0.3, 0.4) is 0 Å². The second kappa shape index (κ2) is 20.3. The zero-order valence-electron chi connectivity index (χ0n) is 30.2. The van der Waals surface area contributed by atoms with Crippen molar-refractivity contribution >= 4 is 23.5 Å². The Hall–Kier alpha value is -3.93. The number of rotatable bonds is 18. The number of nitrogens with one attached hydrogen (secondary N) is 1. The molecular formula is C39H49ClF6N2O4. The molecule has 288 valence electrons. The Bertz CT molecular complexity index is 1480. The minimum absolute atomic E-state index is 0.0927. The molecule has 0 bridgehead atoms. The molecule has 6 nitrogen and oxygen atoms in total. The second-order valence-electron chi connectivity index (χ2n) is 12.3. The van der Waals surface area contributed by atoms with Gasteiger partial charge in [0.1, 0.15) is 17.0 Å². The van der Waals surface area contributed by atoms with Gasteiger partial charge in [-0.25, -0.2) is 4.79 Å². The maximum absolute atomic E-state index is 13.5. The fourth-order valence-corrected chi connectivity index (χ4v) is 6.08. The number of hydrogen-bond acceptors (Lipinski definition) is 4. The first-order chi connectivity index (χ1) is 24.6. The Morgan fingerprint density at radius 1 is 0.923 bits per heavy atom. The summed E-state index contributed by atoms with van der Waals surface area (Å²) >= 11 is 6.04. The van der Waals surface area contributed by atoms with Crippen LogP contribution < -0.4 is 14.8 Å². The lowest BCUT2D eigenvalue weighted by Crippen LogP contribution is -2.41. The summed E-state index contributed by atoms with van der Waals surface area (Å²) in [5.74, 6) is -3.12. The molecule has 1 N–H and O–H groups in total. The van der Waals surface area contributed by atoms with E-state index in [1.165, 1.54) is 0 Å². The first-order valence-electron chi connectivity index (χ1n) is 17.4. The summed E-state index contributed by atoms with van der Waals surface area (Å²) < 4.78 is 93.0. The van der Waals surface area contributed by atoms with Gasteiger partial charge in [-0.2, -0.15) is 26.3 Å². The maximum Gasteiger partial charge on any atom is 0.404 e. The molecule has 2 aromatic carbocycles. The molecule has 1 unspecified atom stereocenters. The van der Waals surface area contributed by atoms with Crippen molar-refractivity contribution in [2.45, 2.75) is 103 Å². The first kappa shape index (κ1) is 44.2. The van der Waals surface area contributed by atoms with Gasteiger partial charge in [0.05, 0.1) is 13.2 Å². The number of carbonyl (C=O) groups is 2. The van der Waals surface area contributed by atoms with Gasteiger partial charge in [0.2, 0.25) is 0 Å². The molecular weight excluding hydrogens is 710 g/mol. The van der Waals surface area contributed by atoms with Crippen LogP contribution in [0, 0.1) is 0 Å². The summed E-state index contributed by atoms with van der Waals surface area (Å²) in [7, 11) is 0. The molecule has 0 spiro atoms. The molecule has 3 amide bonds. The quantitative estimate of drug-likeness (QED) is 0.0540. The van der Waals surface area contributed by atoms with Gasteiger partial charge in [-0.1, -0.05) is 81.6 Å². The van der Waals surface area contributed by atoms with E-state index in [0.29, 0.717) is 60.8 Å². The lowest BCUT2D eigenvalue weighted by Gasteiger charge is -2.26. The predicted octanol–water partition coefficient (Wildman–Crippen LogP) is 11.1. The van der Waals surface area contributed by atoms with E-state index in [1.807, 2.05) is 25.2 Å². The van der Waals surface area contributed by atoms with Crippen LogP contribution in [0.4, 0.5) is 31.1 Å². The van der Waals surface area contributed by atoms with Crippen molar-refractivity contribution in [2.75, 3.05) is 19.8 Å². The van der Waals surface area contributed by atoms with E-state index >= 15 is 0 Å². The molecule has 2 aromatic rings. The molecule has 3 rings (SSSR count). The molecule has 0 aromatic heterocycles. The standard InChI is InChI=1S/C37H45ClF6N2O4.C2H4/c1-5-12-25-23-27(32(36(39,40)41)37(42,43)44)24-26(13-6-2)31(25)50-22-11-9-20-46-33(47)35(4,45-34(46)48)28-16-18-30(19-17-28)49-21-10-8-15-29(38)14-7-3;1-2/h8,14-19,23-24,32H,5-7,9-13,20-22H2,1-4H3,(H,45,48);1-2H2/b15-8-,29-14+;. The summed E-state index contributed by atoms with van der Waals surface area (Å²) in [6, 6.07) is 8.27. The smallest absolute Gasteiger partial charge is 0.404 e. The Labute approximate surface area is 307 Å². The van der Waals surface area contributed by atoms with Crippen molar-refractivity contribution in [1.29, 1.82) is 0 Å². The Morgan fingerprint density at radius 2 is 1.50 bits per heavy atom. The number of ether oxygens (including phenoxy) is 2. The van der Waals surface area contributed by atoms with Gasteiger partial charge in [0.15, 0.2) is 5.92 Å². The molecule has 0 saturated carbocycles. The molecule has 52 heavy (non-hydrogen) atoms. The number of halogens is 7. The van der Waals surface area contributed by atoms with Gasteiger partial charge < -0.3 is 14.8 Å². The van der Waals surface area contributed by atoms with Gasteiger partial charge in [-0.05, 0) is 85.9 Å². The fraction of sp³-hybridized carbons (Fsp3) is 0.487. The fourth-order valence-electron chi connectivity index (χ4n) is 5.84. The molecule has 1 aliphatic heterocycles.